The second-order valence-electron chi connectivity index (χ2n) is 12.1. The summed E-state index contributed by atoms with van der Waals surface area (Å²) in [4.78, 5) is 28.9. The highest BCUT2D eigenvalue weighted by Crippen LogP contribution is 2.40. The molecule has 1 aliphatic heterocycles. The Morgan fingerprint density at radius 2 is 1.54 bits per heavy atom. The van der Waals surface area contributed by atoms with E-state index in [4.69, 9.17) is 4.74 Å². The molecule has 3 aromatic carbocycles. The van der Waals surface area contributed by atoms with Gasteiger partial charge in [-0.25, -0.2) is 9.69 Å². The minimum atomic E-state index is -0.544. The summed E-state index contributed by atoms with van der Waals surface area (Å²) in [6.45, 7) is 16.1. The lowest BCUT2D eigenvalue weighted by atomic mass is 9.80. The normalized spacial score (nSPS) is 15.1. The molecule has 1 saturated heterocycles. The van der Waals surface area contributed by atoms with Crippen molar-refractivity contribution in [1.82, 2.24) is 4.90 Å². The number of hydrogen-bond donors (Lipinski definition) is 0. The van der Waals surface area contributed by atoms with E-state index in [1.165, 1.54) is 16.0 Å². The smallest absolute Gasteiger partial charge is 0.416 e. The Labute approximate surface area is 221 Å². The summed E-state index contributed by atoms with van der Waals surface area (Å²) < 4.78 is 5.03. The third-order valence-corrected chi connectivity index (χ3v) is 7.44. The number of nitrogens with zero attached hydrogens (tertiary/aromatic N) is 2. The van der Waals surface area contributed by atoms with Crippen LogP contribution in [-0.4, -0.2) is 37.1 Å². The zero-order valence-corrected chi connectivity index (χ0v) is 23.5. The van der Waals surface area contributed by atoms with Gasteiger partial charge in [0, 0.05) is 23.8 Å². The van der Waals surface area contributed by atoms with Gasteiger partial charge in [-0.1, -0.05) is 84.9 Å². The molecule has 1 atom stereocenters. The maximum absolute atomic E-state index is 13.3. The van der Waals surface area contributed by atoms with E-state index in [1.54, 1.807) is 0 Å². The van der Waals surface area contributed by atoms with Crippen LogP contribution in [0.4, 0.5) is 16.2 Å². The summed E-state index contributed by atoms with van der Waals surface area (Å²) in [5.74, 6) is -0.601. The molecule has 0 aliphatic carbocycles. The van der Waals surface area contributed by atoms with Gasteiger partial charge in [-0.2, -0.15) is 0 Å². The van der Waals surface area contributed by atoms with Crippen molar-refractivity contribution in [2.75, 3.05) is 25.1 Å². The van der Waals surface area contributed by atoms with Gasteiger partial charge in [0.1, 0.15) is 6.61 Å². The van der Waals surface area contributed by atoms with Gasteiger partial charge in [0.2, 0.25) is 5.91 Å². The molecule has 1 unspecified atom stereocenters. The number of carbonyl (C=O) groups excluding carboxylic acids is 2. The predicted octanol–water partition coefficient (Wildman–Crippen LogP) is 7.68. The Kier molecular flexibility index (Phi) is 7.11. The van der Waals surface area contributed by atoms with Crippen molar-refractivity contribution >= 4 is 34.1 Å². The topological polar surface area (TPSA) is 49.9 Å². The summed E-state index contributed by atoms with van der Waals surface area (Å²) >= 11 is 0. The number of fused-ring (bicyclic) bond motifs is 1. The van der Waals surface area contributed by atoms with E-state index in [-0.39, 0.29) is 23.3 Å². The highest BCUT2D eigenvalue weighted by Gasteiger charge is 2.34. The fourth-order valence-corrected chi connectivity index (χ4v) is 5.02. The van der Waals surface area contributed by atoms with Crippen molar-refractivity contribution in [1.29, 1.82) is 0 Å². The average molecular weight is 501 g/mol. The van der Waals surface area contributed by atoms with Crippen LogP contribution in [-0.2, 0) is 20.4 Å². The first-order chi connectivity index (χ1) is 17.3. The molecule has 0 N–H and O–H groups in total. The third-order valence-electron chi connectivity index (χ3n) is 7.44. The van der Waals surface area contributed by atoms with E-state index in [0.717, 1.165) is 27.7 Å². The molecule has 0 radical (unpaired) electrons. The van der Waals surface area contributed by atoms with Gasteiger partial charge in [0.25, 0.3) is 0 Å². The highest BCUT2D eigenvalue weighted by molar-refractivity contribution is 6.03. The van der Waals surface area contributed by atoms with Crippen molar-refractivity contribution < 1.29 is 14.3 Å². The Morgan fingerprint density at radius 1 is 0.946 bits per heavy atom. The molecule has 1 fully saturated rings. The maximum Gasteiger partial charge on any atom is 0.416 e. The zero-order valence-electron chi connectivity index (χ0n) is 23.5. The van der Waals surface area contributed by atoms with Crippen molar-refractivity contribution in [2.45, 2.75) is 71.6 Å². The van der Waals surface area contributed by atoms with E-state index in [9.17, 15) is 9.59 Å². The lowest BCUT2D eigenvalue weighted by molar-refractivity contribution is -0.129. The molecule has 1 aliphatic rings. The molecule has 3 aromatic rings. The van der Waals surface area contributed by atoms with Crippen LogP contribution < -0.4 is 4.90 Å². The predicted molar refractivity (Wildman–Crippen MR) is 152 cm³/mol. The molecule has 5 nitrogen and oxygen atoms in total. The lowest BCUT2D eigenvalue weighted by Crippen LogP contribution is -2.35. The second-order valence-corrected chi connectivity index (χ2v) is 12.1. The number of ether oxygens (including phenoxy) is 1. The molecule has 0 saturated carbocycles. The van der Waals surface area contributed by atoms with Crippen LogP contribution in [0.2, 0.25) is 0 Å². The molecule has 196 valence electrons. The van der Waals surface area contributed by atoms with E-state index in [2.05, 4.69) is 96.0 Å². The summed E-state index contributed by atoms with van der Waals surface area (Å²) in [6, 6.07) is 19.3. The molecule has 0 spiro atoms. The van der Waals surface area contributed by atoms with Crippen molar-refractivity contribution in [3.63, 3.8) is 0 Å². The largest absolute Gasteiger partial charge is 0.447 e. The molecular weight excluding hydrogens is 460 g/mol. The zero-order chi connectivity index (χ0) is 27.1. The summed E-state index contributed by atoms with van der Waals surface area (Å²) in [6.07, 6.45) is 0.0576. The first-order valence-electron chi connectivity index (χ1n) is 13.2. The number of hydrogen-bond acceptors (Lipinski definition) is 4. The lowest BCUT2D eigenvalue weighted by Gasteiger charge is -2.30. The number of benzene rings is 3. The van der Waals surface area contributed by atoms with Crippen molar-refractivity contribution in [3.05, 3.63) is 71.3 Å². The van der Waals surface area contributed by atoms with E-state index in [1.807, 2.05) is 19.1 Å². The Bertz CT molecular complexity index is 1300. The van der Waals surface area contributed by atoms with Crippen LogP contribution in [0.1, 0.15) is 77.5 Å². The van der Waals surface area contributed by atoms with Crippen molar-refractivity contribution in [3.8, 4) is 0 Å². The van der Waals surface area contributed by atoms with Gasteiger partial charge in [0.15, 0.2) is 0 Å². The summed E-state index contributed by atoms with van der Waals surface area (Å²) in [7, 11) is 2.11. The Balaban J connectivity index is 1.82. The fraction of sp³-hybridized carbons (Fsp3) is 0.438. The number of cyclic esters (lactones) is 1. The molecule has 0 bridgehead atoms. The molecule has 4 rings (SSSR count). The van der Waals surface area contributed by atoms with Gasteiger partial charge in [-0.3, -0.25) is 4.79 Å². The van der Waals surface area contributed by atoms with E-state index < -0.39 is 12.0 Å². The standard InChI is InChI=1S/C32H40N2O3/c1-9-24(29(35)34-16-17-37-30(34)36)26-14-15-28(27-13-11-10-12-25(26)27)33(8)23-19-21(31(2,3)4)18-22(20-23)32(5,6)7/h10-15,18-20,24H,9,16-17H2,1-8H3. The number of imide groups is 1. The van der Waals surface area contributed by atoms with Crippen LogP contribution >= 0.6 is 0 Å². The molecule has 37 heavy (non-hydrogen) atoms. The van der Waals surface area contributed by atoms with Crippen LogP contribution in [0.25, 0.3) is 10.8 Å². The minimum Gasteiger partial charge on any atom is -0.447 e. The Hall–Kier alpha value is -3.34. The number of rotatable bonds is 5. The molecule has 1 heterocycles. The molecule has 0 aromatic heterocycles. The number of carbonyl (C=O) groups is 2. The van der Waals surface area contributed by atoms with Crippen molar-refractivity contribution in [2.24, 2.45) is 0 Å². The maximum atomic E-state index is 13.3. The van der Waals surface area contributed by atoms with E-state index in [0.29, 0.717) is 13.0 Å². The average Bonchev–Trinajstić information content (AvgIpc) is 3.28. The minimum absolute atomic E-state index is 0.0220. The van der Waals surface area contributed by atoms with Gasteiger partial charge in [-0.05, 0) is 57.5 Å². The third kappa shape index (κ3) is 5.22. The SMILES string of the molecule is CCC(C(=O)N1CCOC1=O)c1ccc(N(C)c2cc(C(C)(C)C)cc(C(C)(C)C)c2)c2ccccc12. The molecule has 5 heteroatoms. The monoisotopic (exact) mass is 500 g/mol. The molecular formula is C32H40N2O3. The summed E-state index contributed by atoms with van der Waals surface area (Å²) in [5, 5.41) is 2.11. The van der Waals surface area contributed by atoms with Gasteiger partial charge < -0.3 is 9.64 Å². The van der Waals surface area contributed by atoms with Crippen LogP contribution in [0, 0.1) is 0 Å². The number of amides is 2. The first kappa shape index (κ1) is 26.7. The highest BCUT2D eigenvalue weighted by atomic mass is 16.6. The Morgan fingerprint density at radius 3 is 2.05 bits per heavy atom. The van der Waals surface area contributed by atoms with E-state index >= 15 is 0 Å². The van der Waals surface area contributed by atoms with Gasteiger partial charge >= 0.3 is 6.09 Å². The fourth-order valence-electron chi connectivity index (χ4n) is 5.02. The molecule has 2 amide bonds. The number of anilines is 2. The second kappa shape index (κ2) is 9.85. The van der Waals surface area contributed by atoms with Crippen LogP contribution in [0.15, 0.2) is 54.6 Å². The van der Waals surface area contributed by atoms with Gasteiger partial charge in [0.05, 0.1) is 12.5 Å². The van der Waals surface area contributed by atoms with Crippen LogP contribution in [0.5, 0.6) is 0 Å². The summed E-state index contributed by atoms with van der Waals surface area (Å²) in [5.41, 5.74) is 5.81. The first-order valence-corrected chi connectivity index (χ1v) is 13.2. The van der Waals surface area contributed by atoms with Gasteiger partial charge in [-0.15, -0.1) is 0 Å². The van der Waals surface area contributed by atoms with Crippen LogP contribution in [0.3, 0.4) is 0 Å². The quantitative estimate of drug-likeness (QED) is 0.361.